The highest BCUT2D eigenvalue weighted by atomic mass is 32.1. The van der Waals surface area contributed by atoms with E-state index in [4.69, 9.17) is 9.47 Å². The van der Waals surface area contributed by atoms with Crippen molar-refractivity contribution < 1.29 is 19.4 Å². The highest BCUT2D eigenvalue weighted by Gasteiger charge is 2.21. The zero-order chi connectivity index (χ0) is 17.6. The Balaban J connectivity index is 2.23. The van der Waals surface area contributed by atoms with Crippen LogP contribution in [0.3, 0.4) is 0 Å². The first kappa shape index (κ1) is 21.0. The lowest BCUT2D eigenvalue weighted by Gasteiger charge is -2.21. The fourth-order valence-electron chi connectivity index (χ4n) is 2.24. The zero-order valence-corrected chi connectivity index (χ0v) is 15.3. The lowest BCUT2D eigenvalue weighted by molar-refractivity contribution is -0.141. The lowest BCUT2D eigenvalue weighted by Crippen LogP contribution is -2.45. The number of carbonyl (C=O) groups is 1. The second-order valence-electron chi connectivity index (χ2n) is 5.35. The third-order valence-electron chi connectivity index (χ3n) is 3.54. The lowest BCUT2D eigenvalue weighted by atomic mass is 10.1. The number of hydrogen-bond donors (Lipinski definition) is 3. The van der Waals surface area contributed by atoms with Crippen molar-refractivity contribution in [3.63, 3.8) is 0 Å². The van der Waals surface area contributed by atoms with Gasteiger partial charge in [0.15, 0.2) is 0 Å². The maximum absolute atomic E-state index is 11.4. The first-order valence-corrected chi connectivity index (χ1v) is 9.23. The second-order valence-corrected chi connectivity index (χ2v) is 6.33. The number of aliphatic carboxylic acids is 1. The topological polar surface area (TPSA) is 92.7 Å². The smallest absolute Gasteiger partial charge is 0.320 e. The summed E-state index contributed by atoms with van der Waals surface area (Å²) in [6, 6.07) is -0.613. The molecule has 3 N–H and O–H groups in total. The third kappa shape index (κ3) is 9.29. The maximum atomic E-state index is 11.4. The molecule has 0 radical (unpaired) electrons. The van der Waals surface area contributed by atoms with Gasteiger partial charge in [-0.3, -0.25) is 10.1 Å². The van der Waals surface area contributed by atoms with Crippen LogP contribution in [0.1, 0.15) is 31.2 Å². The van der Waals surface area contributed by atoms with Gasteiger partial charge in [-0.15, -0.1) is 11.3 Å². The summed E-state index contributed by atoms with van der Waals surface area (Å²) in [6.45, 7) is 5.11. The molecule has 1 aromatic heterocycles. The monoisotopic (exact) mass is 359 g/mol. The van der Waals surface area contributed by atoms with Crippen LogP contribution >= 0.6 is 11.3 Å². The quantitative estimate of drug-likeness (QED) is 0.323. The molecule has 7 nitrogen and oxygen atoms in total. The van der Waals surface area contributed by atoms with E-state index in [9.17, 15) is 9.90 Å². The minimum Gasteiger partial charge on any atom is -0.480 e. The van der Waals surface area contributed by atoms with Crippen LogP contribution in [0.2, 0.25) is 0 Å². The van der Waals surface area contributed by atoms with Crippen molar-refractivity contribution in [2.24, 2.45) is 0 Å². The van der Waals surface area contributed by atoms with E-state index in [0.717, 1.165) is 37.5 Å². The van der Waals surface area contributed by atoms with E-state index in [2.05, 4.69) is 15.6 Å². The van der Waals surface area contributed by atoms with E-state index in [1.807, 2.05) is 12.3 Å². The standard InChI is InChI=1S/C16H29N3O4S/c1-3-23-10-8-17-7-5-4-6-13(16(20)21)19-14(22-2)12-15-18-9-11-24-15/h9,11,13-14,17,19H,3-8,10,12H2,1-2H3,(H,20,21). The Morgan fingerprint density at radius 2 is 2.25 bits per heavy atom. The average Bonchev–Trinajstić information content (AvgIpc) is 3.08. The molecule has 0 aliphatic carbocycles. The molecule has 0 aliphatic heterocycles. The van der Waals surface area contributed by atoms with Gasteiger partial charge in [-0.25, -0.2) is 4.98 Å². The number of unbranched alkanes of at least 4 members (excludes halogenated alkanes) is 1. The highest BCUT2D eigenvalue weighted by molar-refractivity contribution is 7.09. The van der Waals surface area contributed by atoms with Crippen LogP contribution in [0.25, 0.3) is 0 Å². The fourth-order valence-corrected chi connectivity index (χ4v) is 2.89. The van der Waals surface area contributed by atoms with E-state index in [-0.39, 0.29) is 6.23 Å². The van der Waals surface area contributed by atoms with Crippen LogP contribution in [0, 0.1) is 0 Å². The molecule has 138 valence electrons. The molecule has 0 aliphatic rings. The van der Waals surface area contributed by atoms with E-state index in [1.165, 1.54) is 11.3 Å². The number of carboxylic acids is 1. The van der Waals surface area contributed by atoms with Gasteiger partial charge in [0.25, 0.3) is 0 Å². The van der Waals surface area contributed by atoms with Crippen LogP contribution in [-0.4, -0.2) is 61.7 Å². The summed E-state index contributed by atoms with van der Waals surface area (Å²) in [5, 5.41) is 18.6. The maximum Gasteiger partial charge on any atom is 0.320 e. The third-order valence-corrected chi connectivity index (χ3v) is 4.34. The average molecular weight is 359 g/mol. The summed E-state index contributed by atoms with van der Waals surface area (Å²) in [5.41, 5.74) is 0. The van der Waals surface area contributed by atoms with Gasteiger partial charge < -0.3 is 19.9 Å². The second kappa shape index (κ2) is 13.3. The number of thiazole rings is 1. The van der Waals surface area contributed by atoms with Gasteiger partial charge in [0.2, 0.25) is 0 Å². The van der Waals surface area contributed by atoms with Crippen molar-refractivity contribution in [3.05, 3.63) is 16.6 Å². The molecule has 1 rings (SSSR count). The summed E-state index contributed by atoms with van der Waals surface area (Å²) in [4.78, 5) is 15.6. The number of nitrogens with zero attached hydrogens (tertiary/aromatic N) is 1. The Morgan fingerprint density at radius 3 is 2.88 bits per heavy atom. The van der Waals surface area contributed by atoms with Gasteiger partial charge in [0, 0.05) is 38.3 Å². The van der Waals surface area contributed by atoms with Gasteiger partial charge in [0.1, 0.15) is 12.3 Å². The van der Waals surface area contributed by atoms with Gasteiger partial charge in [-0.2, -0.15) is 0 Å². The molecule has 0 fully saturated rings. The number of rotatable bonds is 15. The Kier molecular flexibility index (Phi) is 11.6. The van der Waals surface area contributed by atoms with Crippen LogP contribution in [0.5, 0.6) is 0 Å². The minimum atomic E-state index is -0.847. The molecule has 2 atom stereocenters. The summed E-state index contributed by atoms with van der Waals surface area (Å²) in [6.07, 6.45) is 4.29. The number of carboxylic acid groups (broad SMARTS) is 1. The van der Waals surface area contributed by atoms with Crippen LogP contribution in [-0.2, 0) is 20.7 Å². The van der Waals surface area contributed by atoms with Gasteiger partial charge >= 0.3 is 5.97 Å². The number of nitrogens with one attached hydrogen (secondary N) is 2. The fraction of sp³-hybridized carbons (Fsp3) is 0.750. The predicted molar refractivity (Wildman–Crippen MR) is 94.4 cm³/mol. The molecule has 1 aromatic rings. The zero-order valence-electron chi connectivity index (χ0n) is 14.5. The van der Waals surface area contributed by atoms with E-state index < -0.39 is 12.0 Å². The van der Waals surface area contributed by atoms with Crippen molar-refractivity contribution in [2.45, 2.75) is 44.9 Å². The molecule has 8 heteroatoms. The molecular formula is C16H29N3O4S. The largest absolute Gasteiger partial charge is 0.480 e. The highest BCUT2D eigenvalue weighted by Crippen LogP contribution is 2.10. The number of hydrogen-bond acceptors (Lipinski definition) is 7. The SMILES string of the molecule is CCOCCNCCCCC(NC(Cc1nccs1)OC)C(=O)O. The Bertz CT molecular complexity index is 431. The number of methoxy groups -OCH3 is 1. The van der Waals surface area contributed by atoms with Crippen LogP contribution < -0.4 is 10.6 Å². The summed E-state index contributed by atoms with van der Waals surface area (Å²) >= 11 is 1.54. The number of ether oxygens (including phenoxy) is 2. The molecule has 1 heterocycles. The molecule has 2 unspecified atom stereocenters. The van der Waals surface area contributed by atoms with Gasteiger partial charge in [-0.1, -0.05) is 6.42 Å². The first-order valence-electron chi connectivity index (χ1n) is 8.35. The molecule has 24 heavy (non-hydrogen) atoms. The number of aromatic nitrogens is 1. The predicted octanol–water partition coefficient (Wildman–Crippen LogP) is 1.50. The normalized spacial score (nSPS) is 13.8. The van der Waals surface area contributed by atoms with Crippen LogP contribution in [0.15, 0.2) is 11.6 Å². The molecule has 0 saturated carbocycles. The Morgan fingerprint density at radius 1 is 1.42 bits per heavy atom. The molecule has 0 amide bonds. The Labute approximate surface area is 147 Å². The Hall–Kier alpha value is -1.06. The van der Waals surface area contributed by atoms with E-state index >= 15 is 0 Å². The van der Waals surface area contributed by atoms with Gasteiger partial charge in [0.05, 0.1) is 11.6 Å². The van der Waals surface area contributed by atoms with Crippen molar-refractivity contribution in [1.29, 1.82) is 0 Å². The van der Waals surface area contributed by atoms with Crippen molar-refractivity contribution in [2.75, 3.05) is 33.4 Å². The molecular weight excluding hydrogens is 330 g/mol. The molecule has 0 aromatic carbocycles. The van der Waals surface area contributed by atoms with E-state index in [0.29, 0.717) is 19.4 Å². The summed E-state index contributed by atoms with van der Waals surface area (Å²) < 4.78 is 10.6. The van der Waals surface area contributed by atoms with Crippen molar-refractivity contribution in [1.82, 2.24) is 15.6 Å². The van der Waals surface area contributed by atoms with Gasteiger partial charge in [-0.05, 0) is 26.3 Å². The van der Waals surface area contributed by atoms with Crippen molar-refractivity contribution in [3.8, 4) is 0 Å². The first-order chi connectivity index (χ1) is 11.7. The summed E-state index contributed by atoms with van der Waals surface area (Å²) in [7, 11) is 1.58. The van der Waals surface area contributed by atoms with E-state index in [1.54, 1.807) is 13.3 Å². The molecule has 0 saturated heterocycles. The van der Waals surface area contributed by atoms with Crippen molar-refractivity contribution >= 4 is 17.3 Å². The summed E-state index contributed by atoms with van der Waals surface area (Å²) in [5.74, 6) is -0.847. The minimum absolute atomic E-state index is 0.346. The van der Waals surface area contributed by atoms with Crippen LogP contribution in [0.4, 0.5) is 0 Å². The molecule has 0 spiro atoms. The molecule has 0 bridgehead atoms.